The van der Waals surface area contributed by atoms with E-state index in [2.05, 4.69) is 26.3 Å². The van der Waals surface area contributed by atoms with Crippen molar-refractivity contribution in [3.05, 3.63) is 88.0 Å². The predicted octanol–water partition coefficient (Wildman–Crippen LogP) is 4.90. The fourth-order valence-electron chi connectivity index (χ4n) is 5.04. The normalized spacial score (nSPS) is 16.5. The summed E-state index contributed by atoms with van der Waals surface area (Å²) < 4.78 is 62.4. The number of aromatic hydroxyl groups is 2. The first-order valence-corrected chi connectivity index (χ1v) is 15.0. The average Bonchev–Trinajstić information content (AvgIpc) is 2.93. The number of likely N-dealkylation sites (N-methyl/N-ethyl adjacent to an activating group) is 2. The van der Waals surface area contributed by atoms with Crippen molar-refractivity contribution in [2.24, 2.45) is 0 Å². The van der Waals surface area contributed by atoms with Crippen LogP contribution in [0.2, 0.25) is 0 Å². The summed E-state index contributed by atoms with van der Waals surface area (Å²) >= 11 is 0. The molecule has 0 saturated carbocycles. The highest BCUT2D eigenvalue weighted by atomic mass is 79.9. The lowest BCUT2D eigenvalue weighted by Crippen LogP contribution is -2.29. The highest BCUT2D eigenvalue weighted by Crippen LogP contribution is 2.29. The number of benzene rings is 3. The van der Waals surface area contributed by atoms with E-state index in [4.69, 9.17) is 5.11 Å². The van der Waals surface area contributed by atoms with E-state index in [1.165, 1.54) is 34.4 Å². The Hall–Kier alpha value is -2.84. The number of nitrogens with zero attached hydrogens (tertiary/aromatic N) is 2. The van der Waals surface area contributed by atoms with Gasteiger partial charge in [0.25, 0.3) is 0 Å². The van der Waals surface area contributed by atoms with Crippen molar-refractivity contribution in [3.63, 3.8) is 0 Å². The molecule has 0 amide bonds. The summed E-state index contributed by atoms with van der Waals surface area (Å²) in [5.74, 6) is 0.463. The van der Waals surface area contributed by atoms with Gasteiger partial charge in [-0.15, -0.1) is 17.0 Å². The summed E-state index contributed by atoms with van der Waals surface area (Å²) in [7, 11) is -1.55. The minimum Gasteiger partial charge on any atom is -0.508 e. The smallest absolute Gasteiger partial charge is 0.508 e. The molecule has 0 radical (unpaired) electrons. The van der Waals surface area contributed by atoms with Crippen molar-refractivity contribution in [2.45, 2.75) is 44.4 Å². The van der Waals surface area contributed by atoms with Gasteiger partial charge in [0.1, 0.15) is 17.2 Å². The topological polar surface area (TPSA) is 102 Å². The van der Waals surface area contributed by atoms with Gasteiger partial charge in [0.2, 0.25) is 0 Å². The van der Waals surface area contributed by atoms with Crippen molar-refractivity contribution < 1.29 is 36.0 Å². The molecule has 3 aromatic carbocycles. The summed E-state index contributed by atoms with van der Waals surface area (Å²) in [6.45, 7) is 5.52. The number of phenolic OH excluding ortho intramolecular Hbond substituents is 2. The molecular formula is C30H37BrF3N3O5S. The number of hydrogen-bond acceptors (Lipinski definition) is 8. The highest BCUT2D eigenvalue weighted by Gasteiger charge is 2.48. The molecule has 0 atom stereocenters. The fourth-order valence-corrected chi connectivity index (χ4v) is 5.49. The van der Waals surface area contributed by atoms with Crippen molar-refractivity contribution in [3.8, 4) is 17.2 Å². The maximum Gasteiger partial charge on any atom is 0.534 e. The van der Waals surface area contributed by atoms with Gasteiger partial charge in [-0.2, -0.15) is 21.6 Å². The molecule has 0 spiro atoms. The lowest BCUT2D eigenvalue weighted by molar-refractivity contribution is -0.0500. The Balaban J connectivity index is 0.000000183. The van der Waals surface area contributed by atoms with Gasteiger partial charge in [0.05, 0.1) is 0 Å². The van der Waals surface area contributed by atoms with Crippen LogP contribution in [0.1, 0.15) is 33.4 Å². The summed E-state index contributed by atoms with van der Waals surface area (Å²) in [6.07, 6.45) is 2.74. The maximum absolute atomic E-state index is 12.2. The Morgan fingerprint density at radius 1 is 0.744 bits per heavy atom. The molecule has 3 heterocycles. The van der Waals surface area contributed by atoms with Crippen molar-refractivity contribution in [1.82, 2.24) is 15.1 Å². The summed E-state index contributed by atoms with van der Waals surface area (Å²) in [5.41, 5.74) is 1.61. The molecule has 0 fully saturated rings. The molecule has 43 heavy (non-hydrogen) atoms. The van der Waals surface area contributed by atoms with Crippen LogP contribution in [0.3, 0.4) is 0 Å². The quantitative estimate of drug-likeness (QED) is 0.259. The number of nitrogens with one attached hydrogen (secondary N) is 1. The zero-order chi connectivity index (χ0) is 30.5. The van der Waals surface area contributed by atoms with Crippen LogP contribution < -0.4 is 9.50 Å². The Morgan fingerprint density at radius 2 is 1.23 bits per heavy atom. The maximum atomic E-state index is 12.2. The van der Waals surface area contributed by atoms with Crippen LogP contribution in [0, 0.1) is 0 Å². The number of halogens is 4. The second-order valence-electron chi connectivity index (χ2n) is 10.7. The standard InChI is InChI=1S/C11H12F3NO3S.C10H13NO.C9H11NO.BrH/c1-15-5-4-8-6-10(3-2-9(8)7-15)18-19(16,17)11(12,13)14;1-11-5-4-8-6-10(12)3-2-9(8)7-11;11-9-2-1-8-6-10-4-3-7(8)5-9;/h2-3,6H,4-5,7H2,1H3;2-3,6,12H,4-5,7H2,1H3;1-2,5,10-11H,3-4,6H2;1H. The molecule has 3 N–H and O–H groups in total. The van der Waals surface area contributed by atoms with Gasteiger partial charge >= 0.3 is 15.6 Å². The predicted molar refractivity (Wildman–Crippen MR) is 164 cm³/mol. The van der Waals surface area contributed by atoms with Crippen LogP contribution >= 0.6 is 17.0 Å². The Bertz CT molecular complexity index is 1500. The molecular weight excluding hydrogens is 651 g/mol. The molecule has 236 valence electrons. The first kappa shape index (κ1) is 34.6. The molecule has 0 aromatic heterocycles. The zero-order valence-corrected chi connectivity index (χ0v) is 26.6. The Morgan fingerprint density at radius 3 is 1.79 bits per heavy atom. The third-order valence-electron chi connectivity index (χ3n) is 7.34. The monoisotopic (exact) mass is 687 g/mol. The minimum atomic E-state index is -5.60. The molecule has 6 rings (SSSR count). The van der Waals surface area contributed by atoms with E-state index < -0.39 is 15.6 Å². The van der Waals surface area contributed by atoms with Crippen LogP contribution in [0.4, 0.5) is 13.2 Å². The summed E-state index contributed by atoms with van der Waals surface area (Å²) in [5, 5.41) is 21.7. The lowest BCUT2D eigenvalue weighted by atomic mass is 10.00. The molecule has 0 saturated heterocycles. The second-order valence-corrected chi connectivity index (χ2v) is 12.3. The van der Waals surface area contributed by atoms with Crippen molar-refractivity contribution >= 4 is 27.1 Å². The third-order valence-corrected chi connectivity index (χ3v) is 8.32. The largest absolute Gasteiger partial charge is 0.534 e. The molecule has 8 nitrogen and oxygen atoms in total. The average molecular weight is 689 g/mol. The van der Waals surface area contributed by atoms with E-state index in [0.717, 1.165) is 56.7 Å². The fraction of sp³-hybridized carbons (Fsp3) is 0.400. The van der Waals surface area contributed by atoms with Crippen LogP contribution in [-0.4, -0.2) is 67.7 Å². The number of phenols is 2. The van der Waals surface area contributed by atoms with E-state index in [0.29, 0.717) is 24.5 Å². The van der Waals surface area contributed by atoms with E-state index in [9.17, 15) is 26.7 Å². The first-order valence-electron chi connectivity index (χ1n) is 13.6. The van der Waals surface area contributed by atoms with Gasteiger partial charge in [-0.05, 0) is 110 Å². The van der Waals surface area contributed by atoms with Gasteiger partial charge in [-0.25, -0.2) is 0 Å². The van der Waals surface area contributed by atoms with Crippen LogP contribution in [0.5, 0.6) is 17.2 Å². The minimum absolute atomic E-state index is 0. The third kappa shape index (κ3) is 9.57. The molecule has 3 aliphatic heterocycles. The number of hydrogen-bond donors (Lipinski definition) is 3. The zero-order valence-electron chi connectivity index (χ0n) is 24.0. The number of fused-ring (bicyclic) bond motifs is 3. The van der Waals surface area contributed by atoms with E-state index in [1.807, 2.05) is 31.3 Å². The SMILES string of the molecule is Br.CN1CCc2cc(O)ccc2C1.CN1CCc2cc(OS(=O)(=O)C(F)(F)F)ccc2C1.Oc1ccc2c(c1)CCNC2. The number of rotatable bonds is 2. The molecule has 3 aliphatic rings. The van der Waals surface area contributed by atoms with Crippen LogP contribution in [0.15, 0.2) is 54.6 Å². The van der Waals surface area contributed by atoms with Crippen molar-refractivity contribution in [1.29, 1.82) is 0 Å². The van der Waals surface area contributed by atoms with Gasteiger partial charge in [0, 0.05) is 32.7 Å². The van der Waals surface area contributed by atoms with Gasteiger partial charge in [-0.3, -0.25) is 0 Å². The summed E-state index contributed by atoms with van der Waals surface area (Å²) in [4.78, 5) is 4.36. The lowest BCUT2D eigenvalue weighted by Gasteiger charge is -2.25. The van der Waals surface area contributed by atoms with E-state index in [-0.39, 0.29) is 22.7 Å². The Labute approximate surface area is 261 Å². The Kier molecular flexibility index (Phi) is 11.9. The molecule has 3 aromatic rings. The number of alkyl halides is 3. The summed E-state index contributed by atoms with van der Waals surface area (Å²) in [6, 6.07) is 15.4. The second kappa shape index (κ2) is 14.8. The molecule has 0 bridgehead atoms. The molecule has 0 aliphatic carbocycles. The van der Waals surface area contributed by atoms with Gasteiger partial charge in [0.15, 0.2) is 0 Å². The van der Waals surface area contributed by atoms with Crippen LogP contribution in [-0.2, 0) is 49.0 Å². The van der Waals surface area contributed by atoms with E-state index in [1.54, 1.807) is 18.2 Å². The molecule has 13 heteroatoms. The van der Waals surface area contributed by atoms with Gasteiger partial charge < -0.3 is 29.5 Å². The molecule has 0 unspecified atom stereocenters. The highest BCUT2D eigenvalue weighted by molar-refractivity contribution is 8.93. The van der Waals surface area contributed by atoms with Crippen molar-refractivity contribution in [2.75, 3.05) is 33.7 Å². The van der Waals surface area contributed by atoms with E-state index >= 15 is 0 Å². The van der Waals surface area contributed by atoms with Gasteiger partial charge in [-0.1, -0.05) is 18.2 Å². The van der Waals surface area contributed by atoms with Crippen LogP contribution in [0.25, 0.3) is 0 Å². The first-order chi connectivity index (χ1) is 19.8.